The van der Waals surface area contributed by atoms with Crippen molar-refractivity contribution in [2.45, 2.75) is 19.4 Å². The second kappa shape index (κ2) is 8.29. The summed E-state index contributed by atoms with van der Waals surface area (Å²) in [7, 11) is 4.60. The molecule has 3 rings (SSSR count). The first-order valence-electron chi connectivity index (χ1n) is 9.00. The highest BCUT2D eigenvalue weighted by Crippen LogP contribution is 2.46. The lowest BCUT2D eigenvalue weighted by atomic mass is 9.83. The molecule has 1 aliphatic rings. The zero-order valence-electron chi connectivity index (χ0n) is 16.8. The molecule has 1 atom stereocenters. The van der Waals surface area contributed by atoms with E-state index in [-0.39, 0.29) is 17.0 Å². The quantitative estimate of drug-likeness (QED) is 0.794. The number of methoxy groups -OCH3 is 3. The molecule has 1 unspecified atom stereocenters. The summed E-state index contributed by atoms with van der Waals surface area (Å²) in [4.78, 5) is 13.4. The number of benzene rings is 1. The van der Waals surface area contributed by atoms with E-state index in [1.54, 1.807) is 35.9 Å². The van der Waals surface area contributed by atoms with Crippen LogP contribution < -0.4 is 25.5 Å². The van der Waals surface area contributed by atoms with Crippen LogP contribution >= 0.6 is 0 Å². The number of aromatic nitrogens is 1. The van der Waals surface area contributed by atoms with Gasteiger partial charge in [-0.2, -0.15) is 5.26 Å². The van der Waals surface area contributed by atoms with E-state index in [0.717, 1.165) is 0 Å². The Hall–Kier alpha value is -3.44. The van der Waals surface area contributed by atoms with Crippen molar-refractivity contribution in [3.05, 3.63) is 62.9 Å². The Bertz CT molecular complexity index is 1070. The van der Waals surface area contributed by atoms with E-state index < -0.39 is 5.92 Å². The monoisotopic (exact) mass is 397 g/mol. The van der Waals surface area contributed by atoms with E-state index in [4.69, 9.17) is 24.7 Å². The number of para-hydroxylation sites is 1. The van der Waals surface area contributed by atoms with E-state index in [9.17, 15) is 10.1 Å². The summed E-state index contributed by atoms with van der Waals surface area (Å²) in [5, 5.41) is 9.80. The number of rotatable bonds is 6. The third-order valence-electron chi connectivity index (χ3n) is 4.95. The molecular weight excluding hydrogens is 374 g/mol. The molecule has 0 aliphatic carbocycles. The predicted molar refractivity (Wildman–Crippen MR) is 106 cm³/mol. The van der Waals surface area contributed by atoms with Gasteiger partial charge in [-0.3, -0.25) is 4.79 Å². The first kappa shape index (κ1) is 20.3. The zero-order chi connectivity index (χ0) is 21.1. The highest BCUT2D eigenvalue weighted by Gasteiger charge is 2.36. The van der Waals surface area contributed by atoms with Crippen molar-refractivity contribution in [2.75, 3.05) is 27.9 Å². The predicted octanol–water partition coefficient (Wildman–Crippen LogP) is 2.04. The van der Waals surface area contributed by atoms with Crippen molar-refractivity contribution in [1.29, 1.82) is 5.26 Å². The van der Waals surface area contributed by atoms with Crippen LogP contribution in [0.1, 0.15) is 22.7 Å². The maximum absolute atomic E-state index is 13.4. The topological polar surface area (TPSA) is 109 Å². The number of hydrogen-bond donors (Lipinski definition) is 1. The van der Waals surface area contributed by atoms with Crippen LogP contribution in [0.5, 0.6) is 17.2 Å². The number of nitrogens with two attached hydrogens (primary N) is 1. The molecule has 2 N–H and O–H groups in total. The fourth-order valence-electron chi connectivity index (χ4n) is 3.60. The van der Waals surface area contributed by atoms with E-state index in [0.29, 0.717) is 47.2 Å². The smallest absolute Gasteiger partial charge is 0.258 e. The van der Waals surface area contributed by atoms with Crippen molar-refractivity contribution in [3.63, 3.8) is 0 Å². The van der Waals surface area contributed by atoms with Gasteiger partial charge in [0.15, 0.2) is 11.5 Å². The Morgan fingerprint density at radius 2 is 2.03 bits per heavy atom. The fraction of sp³-hybridized carbons (Fsp3) is 0.333. The lowest BCUT2D eigenvalue weighted by molar-refractivity contribution is 0.185. The van der Waals surface area contributed by atoms with Crippen LogP contribution in [0.15, 0.2) is 40.5 Å². The van der Waals surface area contributed by atoms with Gasteiger partial charge in [-0.25, -0.2) is 0 Å². The number of hydrogen-bond acceptors (Lipinski definition) is 7. The van der Waals surface area contributed by atoms with Gasteiger partial charge in [0, 0.05) is 31.0 Å². The standard InChI is InChI=1S/C21H23N3O5/c1-12-10-16-18(21(25)24(12)8-9-26-2)17(14(11-22)20(23)29-16)13-6-5-7-15(27-3)19(13)28-4/h5-7,10,17H,8-9,23H2,1-4H3. The largest absolute Gasteiger partial charge is 0.493 e. The minimum atomic E-state index is -0.754. The highest BCUT2D eigenvalue weighted by atomic mass is 16.5. The van der Waals surface area contributed by atoms with Gasteiger partial charge in [0.25, 0.3) is 5.56 Å². The molecular formula is C21H23N3O5. The van der Waals surface area contributed by atoms with Crippen LogP contribution in [0.25, 0.3) is 0 Å². The zero-order valence-corrected chi connectivity index (χ0v) is 16.8. The average molecular weight is 397 g/mol. The van der Waals surface area contributed by atoms with Gasteiger partial charge >= 0.3 is 0 Å². The van der Waals surface area contributed by atoms with Gasteiger partial charge in [0.05, 0.1) is 32.3 Å². The number of pyridine rings is 1. The van der Waals surface area contributed by atoms with Gasteiger partial charge in [0.1, 0.15) is 17.4 Å². The molecule has 0 spiro atoms. The Balaban J connectivity index is 2.34. The van der Waals surface area contributed by atoms with Crippen molar-refractivity contribution in [2.24, 2.45) is 5.73 Å². The molecule has 0 bridgehead atoms. The molecule has 152 valence electrons. The summed E-state index contributed by atoms with van der Waals surface area (Å²) in [6.45, 7) is 2.55. The van der Waals surface area contributed by atoms with E-state index in [1.807, 2.05) is 6.92 Å². The van der Waals surface area contributed by atoms with Gasteiger partial charge in [-0.05, 0) is 13.0 Å². The molecule has 1 aliphatic heterocycles. The Morgan fingerprint density at radius 1 is 1.28 bits per heavy atom. The number of fused-ring (bicyclic) bond motifs is 1. The fourth-order valence-corrected chi connectivity index (χ4v) is 3.60. The third kappa shape index (κ3) is 3.41. The molecule has 8 heteroatoms. The minimum absolute atomic E-state index is 0.0386. The summed E-state index contributed by atoms with van der Waals surface area (Å²) >= 11 is 0. The van der Waals surface area contributed by atoms with Crippen molar-refractivity contribution < 1.29 is 18.9 Å². The van der Waals surface area contributed by atoms with Crippen LogP contribution in [0.2, 0.25) is 0 Å². The molecule has 2 heterocycles. The van der Waals surface area contributed by atoms with Crippen LogP contribution in [0.4, 0.5) is 0 Å². The maximum Gasteiger partial charge on any atom is 0.258 e. The van der Waals surface area contributed by atoms with Crippen molar-refractivity contribution in [3.8, 4) is 23.3 Å². The summed E-state index contributed by atoms with van der Waals surface area (Å²) in [6, 6.07) is 9.14. The highest BCUT2D eigenvalue weighted by molar-refractivity contribution is 5.60. The molecule has 29 heavy (non-hydrogen) atoms. The summed E-state index contributed by atoms with van der Waals surface area (Å²) in [5.41, 5.74) is 7.54. The van der Waals surface area contributed by atoms with Crippen LogP contribution in [-0.2, 0) is 11.3 Å². The average Bonchev–Trinajstić information content (AvgIpc) is 2.71. The summed E-state index contributed by atoms with van der Waals surface area (Å²) < 4.78 is 23.3. The Morgan fingerprint density at radius 3 is 2.66 bits per heavy atom. The number of ether oxygens (including phenoxy) is 4. The first-order chi connectivity index (χ1) is 14.0. The lowest BCUT2D eigenvalue weighted by Crippen LogP contribution is -2.33. The summed E-state index contributed by atoms with van der Waals surface area (Å²) in [5.74, 6) is 0.448. The van der Waals surface area contributed by atoms with Gasteiger partial charge in [-0.15, -0.1) is 0 Å². The third-order valence-corrected chi connectivity index (χ3v) is 4.95. The van der Waals surface area contributed by atoms with Gasteiger partial charge in [-0.1, -0.05) is 12.1 Å². The van der Waals surface area contributed by atoms with Crippen LogP contribution in [-0.4, -0.2) is 32.5 Å². The minimum Gasteiger partial charge on any atom is -0.493 e. The number of allylic oxidation sites excluding steroid dienone is 1. The Kier molecular flexibility index (Phi) is 5.80. The summed E-state index contributed by atoms with van der Waals surface area (Å²) in [6.07, 6.45) is 0. The molecule has 8 nitrogen and oxygen atoms in total. The number of aryl methyl sites for hydroxylation is 1. The van der Waals surface area contributed by atoms with Crippen LogP contribution in [0, 0.1) is 18.3 Å². The molecule has 0 fully saturated rings. The van der Waals surface area contributed by atoms with E-state index >= 15 is 0 Å². The number of nitrogens with zero attached hydrogens (tertiary/aromatic N) is 2. The molecule has 1 aromatic carbocycles. The van der Waals surface area contributed by atoms with Crippen molar-refractivity contribution in [1.82, 2.24) is 4.57 Å². The molecule has 1 aromatic heterocycles. The van der Waals surface area contributed by atoms with E-state index in [1.165, 1.54) is 14.2 Å². The van der Waals surface area contributed by atoms with Crippen LogP contribution in [0.3, 0.4) is 0 Å². The van der Waals surface area contributed by atoms with E-state index in [2.05, 4.69) is 6.07 Å². The maximum atomic E-state index is 13.4. The Labute approximate surface area is 168 Å². The van der Waals surface area contributed by atoms with Gasteiger partial charge in [0.2, 0.25) is 5.88 Å². The second-order valence-electron chi connectivity index (χ2n) is 6.52. The molecule has 0 saturated carbocycles. The normalized spacial score (nSPS) is 15.3. The molecule has 0 saturated heterocycles. The molecule has 2 aromatic rings. The number of nitriles is 1. The second-order valence-corrected chi connectivity index (χ2v) is 6.52. The SMILES string of the molecule is COCCn1c(C)cc2c(c1=O)C(c1cccc(OC)c1OC)C(C#N)=C(N)O2. The first-order valence-corrected chi connectivity index (χ1v) is 9.00. The molecule has 0 radical (unpaired) electrons. The van der Waals surface area contributed by atoms with Crippen molar-refractivity contribution >= 4 is 0 Å². The van der Waals surface area contributed by atoms with Gasteiger partial charge < -0.3 is 29.2 Å². The lowest BCUT2D eigenvalue weighted by Gasteiger charge is -2.28. The molecule has 0 amide bonds.